The second-order valence-corrected chi connectivity index (χ2v) is 4.49. The topological polar surface area (TPSA) is 35.5 Å². The van der Waals surface area contributed by atoms with Crippen LogP contribution in [0.2, 0.25) is 0 Å². The summed E-state index contributed by atoms with van der Waals surface area (Å²) in [5, 5.41) is 0. The van der Waals surface area contributed by atoms with E-state index in [1.165, 1.54) is 12.1 Å². The fourth-order valence-electron chi connectivity index (χ4n) is 1.71. The summed E-state index contributed by atoms with van der Waals surface area (Å²) < 4.78 is 47.2. The number of alkyl halides is 3. The smallest absolute Gasteiger partial charge is 0.416 e. The number of benzene rings is 1. The molecule has 0 aliphatic carbocycles. The van der Waals surface area contributed by atoms with Crippen LogP contribution in [0.3, 0.4) is 0 Å². The zero-order valence-electron chi connectivity index (χ0n) is 11.9. The van der Waals surface area contributed by atoms with E-state index in [2.05, 4.69) is 0 Å². The van der Waals surface area contributed by atoms with Gasteiger partial charge in [-0.2, -0.15) is 13.2 Å². The Labute approximate surface area is 122 Å². The molecule has 0 fully saturated rings. The number of ether oxygens (including phenoxy) is 2. The summed E-state index contributed by atoms with van der Waals surface area (Å²) in [6.45, 7) is 2.56. The number of carbonyl (C=O) groups is 1. The fourth-order valence-corrected chi connectivity index (χ4v) is 1.71. The lowest BCUT2D eigenvalue weighted by Crippen LogP contribution is -2.05. The first-order valence-corrected chi connectivity index (χ1v) is 6.89. The van der Waals surface area contributed by atoms with Gasteiger partial charge < -0.3 is 9.47 Å². The average Bonchev–Trinajstić information content (AvgIpc) is 2.42. The van der Waals surface area contributed by atoms with Crippen molar-refractivity contribution in [2.24, 2.45) is 0 Å². The van der Waals surface area contributed by atoms with Crippen molar-refractivity contribution in [2.45, 2.75) is 38.8 Å². The number of esters is 1. The highest BCUT2D eigenvalue weighted by atomic mass is 19.4. The molecule has 0 aliphatic heterocycles. The second kappa shape index (κ2) is 8.54. The van der Waals surface area contributed by atoms with Gasteiger partial charge in [-0.3, -0.25) is 4.79 Å². The van der Waals surface area contributed by atoms with Gasteiger partial charge in [0, 0.05) is 6.42 Å². The highest BCUT2D eigenvalue weighted by molar-refractivity contribution is 5.69. The predicted octanol–water partition coefficient (Wildman–Crippen LogP) is 4.21. The van der Waals surface area contributed by atoms with Crippen LogP contribution < -0.4 is 4.74 Å². The van der Waals surface area contributed by atoms with Gasteiger partial charge in [0.05, 0.1) is 18.8 Å². The third-order valence-corrected chi connectivity index (χ3v) is 2.78. The Morgan fingerprint density at radius 2 is 1.76 bits per heavy atom. The number of hydrogen-bond acceptors (Lipinski definition) is 3. The zero-order chi connectivity index (χ0) is 15.7. The van der Waals surface area contributed by atoms with Gasteiger partial charge >= 0.3 is 12.1 Å². The molecule has 0 spiro atoms. The molecular formula is C15H19F3O3. The van der Waals surface area contributed by atoms with Crippen LogP contribution in [0.25, 0.3) is 0 Å². The zero-order valence-corrected chi connectivity index (χ0v) is 11.9. The first-order chi connectivity index (χ1) is 9.93. The molecule has 118 valence electrons. The molecule has 6 heteroatoms. The summed E-state index contributed by atoms with van der Waals surface area (Å²) in [6.07, 6.45) is -1.69. The van der Waals surface area contributed by atoms with Crippen molar-refractivity contribution in [3.05, 3.63) is 29.8 Å². The normalized spacial score (nSPS) is 11.2. The molecule has 0 saturated carbocycles. The van der Waals surface area contributed by atoms with E-state index in [-0.39, 0.29) is 5.97 Å². The summed E-state index contributed by atoms with van der Waals surface area (Å²) >= 11 is 0. The lowest BCUT2D eigenvalue weighted by Gasteiger charge is -2.09. The number of unbranched alkanes of at least 4 members (excludes halogenated alkanes) is 2. The van der Waals surface area contributed by atoms with Crippen LogP contribution in [0.1, 0.15) is 38.2 Å². The van der Waals surface area contributed by atoms with Crippen LogP contribution in [0.15, 0.2) is 24.3 Å². The van der Waals surface area contributed by atoms with Gasteiger partial charge in [-0.25, -0.2) is 0 Å². The molecule has 1 aromatic rings. The Balaban J connectivity index is 2.17. The van der Waals surface area contributed by atoms with Gasteiger partial charge in [0.2, 0.25) is 0 Å². The van der Waals surface area contributed by atoms with Crippen LogP contribution in [0.4, 0.5) is 13.2 Å². The molecule has 0 atom stereocenters. The van der Waals surface area contributed by atoms with Crippen molar-refractivity contribution in [3.8, 4) is 5.75 Å². The monoisotopic (exact) mass is 304 g/mol. The first kappa shape index (κ1) is 17.3. The summed E-state index contributed by atoms with van der Waals surface area (Å²) in [7, 11) is 0. The lowest BCUT2D eigenvalue weighted by atomic mass is 10.2. The van der Waals surface area contributed by atoms with Crippen LogP contribution in [-0.4, -0.2) is 19.2 Å². The maximum atomic E-state index is 12.4. The van der Waals surface area contributed by atoms with Gasteiger partial charge in [0.25, 0.3) is 0 Å². The van der Waals surface area contributed by atoms with E-state index in [1.807, 2.05) is 0 Å². The Morgan fingerprint density at radius 3 is 2.33 bits per heavy atom. The molecule has 0 amide bonds. The van der Waals surface area contributed by atoms with Crippen molar-refractivity contribution in [1.82, 2.24) is 0 Å². The van der Waals surface area contributed by atoms with Gasteiger partial charge in [0.1, 0.15) is 5.75 Å². The molecule has 21 heavy (non-hydrogen) atoms. The lowest BCUT2D eigenvalue weighted by molar-refractivity contribution is -0.143. The minimum Gasteiger partial charge on any atom is -0.494 e. The number of hydrogen-bond donors (Lipinski definition) is 0. The van der Waals surface area contributed by atoms with Gasteiger partial charge in [-0.05, 0) is 50.5 Å². The van der Waals surface area contributed by atoms with E-state index in [1.54, 1.807) is 6.92 Å². The van der Waals surface area contributed by atoms with Crippen molar-refractivity contribution in [3.63, 3.8) is 0 Å². The van der Waals surface area contributed by atoms with Gasteiger partial charge in [-0.15, -0.1) is 0 Å². The van der Waals surface area contributed by atoms with Crippen molar-refractivity contribution in [1.29, 1.82) is 0 Å². The standard InChI is InChI=1S/C15H19F3O3/c1-2-20-14(19)6-4-3-5-11-21-13-9-7-12(8-10-13)15(16,17)18/h7-10H,2-6,11H2,1H3. The molecule has 1 rings (SSSR count). The van der Waals surface area contributed by atoms with Gasteiger partial charge in [-0.1, -0.05) is 0 Å². The van der Waals surface area contributed by atoms with Crippen LogP contribution >= 0.6 is 0 Å². The molecule has 3 nitrogen and oxygen atoms in total. The number of halogens is 3. The maximum absolute atomic E-state index is 12.4. The SMILES string of the molecule is CCOC(=O)CCCCCOc1ccc(C(F)(F)F)cc1. The minimum absolute atomic E-state index is 0.207. The summed E-state index contributed by atoms with van der Waals surface area (Å²) in [5.41, 5.74) is -0.690. The number of rotatable bonds is 8. The Morgan fingerprint density at radius 1 is 1.10 bits per heavy atom. The molecule has 0 saturated heterocycles. The van der Waals surface area contributed by atoms with E-state index in [4.69, 9.17) is 9.47 Å². The van der Waals surface area contributed by atoms with Crippen molar-refractivity contribution < 1.29 is 27.4 Å². The molecule has 0 aromatic heterocycles. The molecular weight excluding hydrogens is 285 g/mol. The largest absolute Gasteiger partial charge is 0.494 e. The van der Waals surface area contributed by atoms with Crippen LogP contribution in [0.5, 0.6) is 5.75 Å². The van der Waals surface area contributed by atoms with Crippen LogP contribution in [0, 0.1) is 0 Å². The van der Waals surface area contributed by atoms with Gasteiger partial charge in [0.15, 0.2) is 0 Å². The summed E-state index contributed by atoms with van der Waals surface area (Å²) in [6, 6.07) is 4.61. The minimum atomic E-state index is -4.33. The summed E-state index contributed by atoms with van der Waals surface area (Å²) in [5.74, 6) is 0.203. The Bertz CT molecular complexity index is 427. The molecule has 0 heterocycles. The van der Waals surface area contributed by atoms with E-state index in [0.717, 1.165) is 31.4 Å². The first-order valence-electron chi connectivity index (χ1n) is 6.89. The van der Waals surface area contributed by atoms with E-state index < -0.39 is 11.7 Å². The third-order valence-electron chi connectivity index (χ3n) is 2.78. The quantitative estimate of drug-likeness (QED) is 0.533. The molecule has 0 bridgehead atoms. The number of carbonyl (C=O) groups excluding carboxylic acids is 1. The molecule has 0 unspecified atom stereocenters. The maximum Gasteiger partial charge on any atom is 0.416 e. The molecule has 0 aliphatic rings. The van der Waals surface area contributed by atoms with E-state index >= 15 is 0 Å². The summed E-state index contributed by atoms with van der Waals surface area (Å²) in [4.78, 5) is 11.1. The van der Waals surface area contributed by atoms with Crippen LogP contribution in [-0.2, 0) is 15.7 Å². The second-order valence-electron chi connectivity index (χ2n) is 4.49. The Kier molecular flexibility index (Phi) is 7.05. The fraction of sp³-hybridized carbons (Fsp3) is 0.533. The highest BCUT2D eigenvalue weighted by Crippen LogP contribution is 2.30. The molecule has 0 N–H and O–H groups in total. The van der Waals surface area contributed by atoms with E-state index in [9.17, 15) is 18.0 Å². The average molecular weight is 304 g/mol. The predicted molar refractivity (Wildman–Crippen MR) is 72.0 cm³/mol. The molecule has 0 radical (unpaired) electrons. The van der Waals surface area contributed by atoms with Crippen molar-refractivity contribution in [2.75, 3.05) is 13.2 Å². The van der Waals surface area contributed by atoms with Crippen molar-refractivity contribution >= 4 is 5.97 Å². The highest BCUT2D eigenvalue weighted by Gasteiger charge is 2.29. The third kappa shape index (κ3) is 7.02. The molecule has 1 aromatic carbocycles. The Hall–Kier alpha value is -1.72. The van der Waals surface area contributed by atoms with E-state index in [0.29, 0.717) is 25.4 Å².